The highest BCUT2D eigenvalue weighted by molar-refractivity contribution is 5.81. The minimum atomic E-state index is -0.312. The van der Waals surface area contributed by atoms with E-state index >= 15 is 0 Å². The standard InChI is InChI=1S/C15H18O3/c1-10(2)6-7-17-12-4-5-14-13(9-12)11(3)8-15(16)18-14/h4-5,8-10H,6-7H2,1-3H3. The van der Waals surface area contributed by atoms with Crippen LogP contribution in [-0.2, 0) is 0 Å². The van der Waals surface area contributed by atoms with Gasteiger partial charge in [0.1, 0.15) is 11.3 Å². The molecule has 0 aliphatic heterocycles. The van der Waals surface area contributed by atoms with Crippen LogP contribution in [0.4, 0.5) is 0 Å². The number of benzene rings is 1. The summed E-state index contributed by atoms with van der Waals surface area (Å²) in [5, 5.41) is 0.927. The summed E-state index contributed by atoms with van der Waals surface area (Å²) in [6.45, 7) is 6.95. The SMILES string of the molecule is Cc1cc(=O)oc2ccc(OCCC(C)C)cc12. The van der Waals surface area contributed by atoms with Crippen LogP contribution in [0.25, 0.3) is 11.0 Å². The van der Waals surface area contributed by atoms with Gasteiger partial charge in [-0.05, 0) is 43.0 Å². The lowest BCUT2D eigenvalue weighted by atomic mass is 10.1. The quantitative estimate of drug-likeness (QED) is 0.775. The van der Waals surface area contributed by atoms with Gasteiger partial charge in [0.2, 0.25) is 0 Å². The van der Waals surface area contributed by atoms with E-state index in [4.69, 9.17) is 9.15 Å². The van der Waals surface area contributed by atoms with Gasteiger partial charge in [0, 0.05) is 11.5 Å². The summed E-state index contributed by atoms with van der Waals surface area (Å²) < 4.78 is 10.8. The summed E-state index contributed by atoms with van der Waals surface area (Å²) in [7, 11) is 0. The number of rotatable bonds is 4. The van der Waals surface area contributed by atoms with Crippen LogP contribution in [-0.4, -0.2) is 6.61 Å². The Morgan fingerprint density at radius 2 is 2.06 bits per heavy atom. The van der Waals surface area contributed by atoms with Crippen molar-refractivity contribution in [2.75, 3.05) is 6.61 Å². The van der Waals surface area contributed by atoms with Crippen molar-refractivity contribution >= 4 is 11.0 Å². The third-order valence-electron chi connectivity index (χ3n) is 2.88. The maximum absolute atomic E-state index is 11.2. The Morgan fingerprint density at radius 1 is 1.28 bits per heavy atom. The molecule has 0 bridgehead atoms. The first kappa shape index (κ1) is 12.7. The molecule has 18 heavy (non-hydrogen) atoms. The molecular formula is C15H18O3. The number of hydrogen-bond donors (Lipinski definition) is 0. The van der Waals surface area contributed by atoms with E-state index in [1.807, 2.05) is 19.1 Å². The molecule has 1 aromatic carbocycles. The van der Waals surface area contributed by atoms with Crippen LogP contribution in [0.5, 0.6) is 5.75 Å². The van der Waals surface area contributed by atoms with Crippen molar-refractivity contribution in [1.29, 1.82) is 0 Å². The second kappa shape index (κ2) is 5.25. The summed E-state index contributed by atoms with van der Waals surface area (Å²) in [4.78, 5) is 11.2. The zero-order chi connectivity index (χ0) is 13.1. The van der Waals surface area contributed by atoms with E-state index in [9.17, 15) is 4.79 Å². The van der Waals surface area contributed by atoms with E-state index in [1.165, 1.54) is 6.07 Å². The molecule has 0 spiro atoms. The smallest absolute Gasteiger partial charge is 0.336 e. The molecule has 0 saturated carbocycles. The van der Waals surface area contributed by atoms with Crippen LogP contribution in [0.15, 0.2) is 33.5 Å². The zero-order valence-corrected chi connectivity index (χ0v) is 11.0. The third-order valence-corrected chi connectivity index (χ3v) is 2.88. The molecule has 0 fully saturated rings. The summed E-state index contributed by atoms with van der Waals surface area (Å²) in [5.41, 5.74) is 1.21. The first-order valence-electron chi connectivity index (χ1n) is 6.23. The van der Waals surface area contributed by atoms with Gasteiger partial charge in [0.05, 0.1) is 6.61 Å². The van der Waals surface area contributed by atoms with Gasteiger partial charge in [-0.15, -0.1) is 0 Å². The van der Waals surface area contributed by atoms with E-state index in [0.29, 0.717) is 18.1 Å². The molecule has 2 rings (SSSR count). The lowest BCUT2D eigenvalue weighted by Gasteiger charge is -2.09. The molecule has 1 aromatic heterocycles. The average molecular weight is 246 g/mol. The normalized spacial score (nSPS) is 11.1. The first-order valence-corrected chi connectivity index (χ1v) is 6.23. The molecule has 0 amide bonds. The highest BCUT2D eigenvalue weighted by Crippen LogP contribution is 2.22. The Labute approximate surface area is 106 Å². The highest BCUT2D eigenvalue weighted by atomic mass is 16.5. The summed E-state index contributed by atoms with van der Waals surface area (Å²) >= 11 is 0. The van der Waals surface area contributed by atoms with Gasteiger partial charge in [0.25, 0.3) is 0 Å². The molecule has 3 nitrogen and oxygen atoms in total. The van der Waals surface area contributed by atoms with Crippen LogP contribution in [0.3, 0.4) is 0 Å². The molecule has 96 valence electrons. The fraction of sp³-hybridized carbons (Fsp3) is 0.400. The molecule has 2 aromatic rings. The van der Waals surface area contributed by atoms with Crippen molar-refractivity contribution in [3.05, 3.63) is 40.2 Å². The molecule has 0 radical (unpaired) electrons. The van der Waals surface area contributed by atoms with Crippen LogP contribution in [0.1, 0.15) is 25.8 Å². The molecule has 0 aliphatic rings. The lowest BCUT2D eigenvalue weighted by Crippen LogP contribution is -2.02. The molecule has 0 N–H and O–H groups in total. The predicted molar refractivity (Wildman–Crippen MR) is 72.2 cm³/mol. The number of aryl methyl sites for hydroxylation is 1. The van der Waals surface area contributed by atoms with Crippen molar-refractivity contribution in [1.82, 2.24) is 0 Å². The predicted octanol–water partition coefficient (Wildman–Crippen LogP) is 3.53. The Hall–Kier alpha value is -1.77. The largest absolute Gasteiger partial charge is 0.494 e. The monoisotopic (exact) mass is 246 g/mol. The van der Waals surface area contributed by atoms with E-state index in [2.05, 4.69) is 13.8 Å². The second-order valence-corrected chi connectivity index (χ2v) is 4.94. The van der Waals surface area contributed by atoms with E-state index in [0.717, 1.165) is 23.1 Å². The van der Waals surface area contributed by atoms with Gasteiger partial charge in [-0.1, -0.05) is 13.8 Å². The van der Waals surface area contributed by atoms with Gasteiger partial charge in [-0.2, -0.15) is 0 Å². The van der Waals surface area contributed by atoms with E-state index in [1.54, 1.807) is 6.07 Å². The minimum Gasteiger partial charge on any atom is -0.494 e. The van der Waals surface area contributed by atoms with Crippen molar-refractivity contribution in [2.45, 2.75) is 27.2 Å². The lowest BCUT2D eigenvalue weighted by molar-refractivity contribution is 0.290. The van der Waals surface area contributed by atoms with Gasteiger partial charge in [-0.25, -0.2) is 4.79 Å². The van der Waals surface area contributed by atoms with Crippen LogP contribution < -0.4 is 10.4 Å². The fourth-order valence-electron chi connectivity index (χ4n) is 1.80. The van der Waals surface area contributed by atoms with Crippen molar-refractivity contribution in [3.8, 4) is 5.75 Å². The second-order valence-electron chi connectivity index (χ2n) is 4.94. The molecular weight excluding hydrogens is 228 g/mol. The molecule has 0 unspecified atom stereocenters. The first-order chi connectivity index (χ1) is 8.56. The number of fused-ring (bicyclic) bond motifs is 1. The summed E-state index contributed by atoms with van der Waals surface area (Å²) in [6.07, 6.45) is 1.03. The molecule has 0 atom stereocenters. The fourth-order valence-corrected chi connectivity index (χ4v) is 1.80. The molecule has 3 heteroatoms. The van der Waals surface area contributed by atoms with Crippen molar-refractivity contribution in [2.24, 2.45) is 5.92 Å². The Kier molecular flexibility index (Phi) is 3.70. The van der Waals surface area contributed by atoms with E-state index in [-0.39, 0.29) is 5.63 Å². The van der Waals surface area contributed by atoms with Crippen molar-refractivity contribution < 1.29 is 9.15 Å². The highest BCUT2D eigenvalue weighted by Gasteiger charge is 2.04. The molecule has 1 heterocycles. The number of hydrogen-bond acceptors (Lipinski definition) is 3. The Bertz CT molecular complexity index is 596. The van der Waals surface area contributed by atoms with Crippen LogP contribution in [0, 0.1) is 12.8 Å². The maximum atomic E-state index is 11.2. The van der Waals surface area contributed by atoms with Crippen LogP contribution in [0.2, 0.25) is 0 Å². The van der Waals surface area contributed by atoms with Crippen molar-refractivity contribution in [3.63, 3.8) is 0 Å². The molecule has 0 aliphatic carbocycles. The third kappa shape index (κ3) is 2.92. The zero-order valence-electron chi connectivity index (χ0n) is 11.0. The number of ether oxygens (including phenoxy) is 1. The Morgan fingerprint density at radius 3 is 2.78 bits per heavy atom. The topological polar surface area (TPSA) is 39.4 Å². The summed E-state index contributed by atoms with van der Waals surface area (Å²) in [5.74, 6) is 1.45. The maximum Gasteiger partial charge on any atom is 0.336 e. The van der Waals surface area contributed by atoms with Gasteiger partial charge < -0.3 is 9.15 Å². The summed E-state index contributed by atoms with van der Waals surface area (Å²) in [6, 6.07) is 7.05. The van der Waals surface area contributed by atoms with Gasteiger partial charge in [0.15, 0.2) is 0 Å². The van der Waals surface area contributed by atoms with E-state index < -0.39 is 0 Å². The average Bonchev–Trinajstić information content (AvgIpc) is 2.29. The minimum absolute atomic E-state index is 0.312. The van der Waals surface area contributed by atoms with Gasteiger partial charge >= 0.3 is 5.63 Å². The molecule has 0 saturated heterocycles. The van der Waals surface area contributed by atoms with Crippen LogP contribution >= 0.6 is 0 Å². The Balaban J connectivity index is 2.24. The van der Waals surface area contributed by atoms with Gasteiger partial charge in [-0.3, -0.25) is 0 Å².